The van der Waals surface area contributed by atoms with Crippen molar-refractivity contribution in [1.29, 1.82) is 0 Å². The third-order valence-electron chi connectivity index (χ3n) is 2.53. The number of hydrogen-bond acceptors (Lipinski definition) is 8. The molecule has 0 fully saturated rings. The van der Waals surface area contributed by atoms with E-state index in [0.29, 0.717) is 0 Å². The summed E-state index contributed by atoms with van der Waals surface area (Å²) in [5.74, 6) is 1.78. The molecule has 2 heterocycles. The van der Waals surface area contributed by atoms with Crippen molar-refractivity contribution >= 4 is 40.7 Å². The van der Waals surface area contributed by atoms with Gasteiger partial charge in [-0.2, -0.15) is 0 Å². The van der Waals surface area contributed by atoms with Gasteiger partial charge in [0.15, 0.2) is 8.68 Å². The second kappa shape index (κ2) is 8.55. The lowest BCUT2D eigenvalue weighted by atomic mass is 10.3. The highest BCUT2D eigenvalue weighted by Gasteiger charge is 2.09. The fraction of sp³-hybridized carbons (Fsp3) is 0.538. The molecule has 2 aromatic rings. The van der Waals surface area contributed by atoms with Crippen molar-refractivity contribution < 1.29 is 0 Å². The molecular formula is C13H19N5S3. The first-order valence-corrected chi connectivity index (χ1v) is 9.78. The molecule has 0 saturated carbocycles. The molecule has 2 aromatic heterocycles. The summed E-state index contributed by atoms with van der Waals surface area (Å²) in [5, 5.41) is 12.6. The maximum atomic E-state index is 4.61. The highest BCUT2D eigenvalue weighted by atomic mass is 32.2. The van der Waals surface area contributed by atoms with Crippen LogP contribution >= 0.6 is 34.9 Å². The zero-order chi connectivity index (χ0) is 15.1. The normalized spacial score (nSPS) is 10.8. The fourth-order valence-electron chi connectivity index (χ4n) is 1.61. The monoisotopic (exact) mass is 341 g/mol. The molecule has 0 aliphatic carbocycles. The van der Waals surface area contributed by atoms with Crippen molar-refractivity contribution in [3.8, 4) is 0 Å². The molecule has 0 aliphatic heterocycles. The number of nitrogens with one attached hydrogen (secondary N) is 1. The van der Waals surface area contributed by atoms with Crippen molar-refractivity contribution in [3.63, 3.8) is 0 Å². The SMILES string of the molecule is CCCNc1cc(Sc2nnc(SC)s2)nc(CCC)n1. The van der Waals surface area contributed by atoms with E-state index >= 15 is 0 Å². The standard InChI is InChI=1S/C13H19N5S3/c1-4-6-9-15-10(14-7-5-2)8-11(16-9)20-13-18-17-12(19-3)21-13/h8H,4-7H2,1-3H3,(H,14,15,16). The van der Waals surface area contributed by atoms with Crippen molar-refractivity contribution in [3.05, 3.63) is 11.9 Å². The maximum absolute atomic E-state index is 4.61. The topological polar surface area (TPSA) is 63.6 Å². The number of aromatic nitrogens is 4. The van der Waals surface area contributed by atoms with E-state index in [9.17, 15) is 0 Å². The van der Waals surface area contributed by atoms with E-state index in [0.717, 1.165) is 51.2 Å². The third-order valence-corrected chi connectivity index (χ3v) is 5.40. The summed E-state index contributed by atoms with van der Waals surface area (Å²) in [6.07, 6.45) is 5.01. The Balaban J connectivity index is 2.17. The lowest BCUT2D eigenvalue weighted by Crippen LogP contribution is -2.05. The van der Waals surface area contributed by atoms with Crippen LogP contribution in [0, 0.1) is 0 Å². The van der Waals surface area contributed by atoms with Crippen molar-refractivity contribution in [2.24, 2.45) is 0 Å². The van der Waals surface area contributed by atoms with Gasteiger partial charge in [-0.05, 0) is 30.9 Å². The van der Waals surface area contributed by atoms with Crippen LogP contribution < -0.4 is 5.32 Å². The summed E-state index contributed by atoms with van der Waals surface area (Å²) in [4.78, 5) is 9.16. The van der Waals surface area contributed by atoms with E-state index < -0.39 is 0 Å². The predicted octanol–water partition coefficient (Wildman–Crippen LogP) is 3.98. The Kier molecular flexibility index (Phi) is 6.72. The first-order valence-electron chi connectivity index (χ1n) is 6.92. The summed E-state index contributed by atoms with van der Waals surface area (Å²) in [6, 6.07) is 1.99. The van der Waals surface area contributed by atoms with Crippen LogP contribution in [0.4, 0.5) is 5.82 Å². The first-order chi connectivity index (χ1) is 10.2. The highest BCUT2D eigenvalue weighted by molar-refractivity contribution is 8.02. The summed E-state index contributed by atoms with van der Waals surface area (Å²) in [6.45, 7) is 5.20. The number of thioether (sulfide) groups is 1. The molecular weight excluding hydrogens is 322 g/mol. The maximum Gasteiger partial charge on any atom is 0.181 e. The van der Waals surface area contributed by atoms with Crippen LogP contribution in [-0.2, 0) is 6.42 Å². The minimum absolute atomic E-state index is 0.885. The second-order valence-corrected chi connectivity index (χ2v) is 7.62. The quantitative estimate of drug-likeness (QED) is 0.575. The van der Waals surface area contributed by atoms with Crippen LogP contribution in [0.1, 0.15) is 32.5 Å². The van der Waals surface area contributed by atoms with Crippen molar-refractivity contribution in [2.45, 2.75) is 46.8 Å². The lowest BCUT2D eigenvalue weighted by molar-refractivity contribution is 0.807. The minimum atomic E-state index is 0.885. The predicted molar refractivity (Wildman–Crippen MR) is 90.6 cm³/mol. The van der Waals surface area contributed by atoms with E-state index in [1.165, 1.54) is 0 Å². The van der Waals surface area contributed by atoms with Gasteiger partial charge in [0.05, 0.1) is 0 Å². The van der Waals surface area contributed by atoms with Gasteiger partial charge in [-0.1, -0.05) is 36.9 Å². The molecule has 0 radical (unpaired) electrons. The van der Waals surface area contributed by atoms with Gasteiger partial charge in [-0.25, -0.2) is 9.97 Å². The van der Waals surface area contributed by atoms with Gasteiger partial charge in [-0.3, -0.25) is 0 Å². The number of rotatable bonds is 8. The van der Waals surface area contributed by atoms with Gasteiger partial charge in [0.25, 0.3) is 0 Å². The molecule has 8 heteroatoms. The van der Waals surface area contributed by atoms with Gasteiger partial charge >= 0.3 is 0 Å². The molecule has 0 amide bonds. The molecule has 21 heavy (non-hydrogen) atoms. The number of aryl methyl sites for hydroxylation is 1. The largest absolute Gasteiger partial charge is 0.370 e. The minimum Gasteiger partial charge on any atom is -0.370 e. The van der Waals surface area contributed by atoms with E-state index in [4.69, 9.17) is 0 Å². The van der Waals surface area contributed by atoms with Crippen LogP contribution in [0.2, 0.25) is 0 Å². The van der Waals surface area contributed by atoms with Gasteiger partial charge in [0, 0.05) is 19.0 Å². The van der Waals surface area contributed by atoms with Crippen LogP contribution in [0.25, 0.3) is 0 Å². The molecule has 114 valence electrons. The summed E-state index contributed by atoms with van der Waals surface area (Å²) < 4.78 is 1.90. The average molecular weight is 342 g/mol. The Morgan fingerprint density at radius 1 is 1.14 bits per heavy atom. The van der Waals surface area contributed by atoms with Gasteiger partial charge in [-0.15, -0.1) is 10.2 Å². The Morgan fingerprint density at radius 3 is 2.62 bits per heavy atom. The lowest BCUT2D eigenvalue weighted by Gasteiger charge is -2.08. The Bertz CT molecular complexity index is 573. The van der Waals surface area contributed by atoms with Crippen LogP contribution in [0.5, 0.6) is 0 Å². The summed E-state index contributed by atoms with van der Waals surface area (Å²) in [7, 11) is 0. The van der Waals surface area contributed by atoms with E-state index in [2.05, 4.69) is 39.3 Å². The van der Waals surface area contributed by atoms with Gasteiger partial charge in [0.1, 0.15) is 16.7 Å². The molecule has 0 unspecified atom stereocenters. The van der Waals surface area contributed by atoms with E-state index in [-0.39, 0.29) is 0 Å². The first kappa shape index (κ1) is 16.5. The molecule has 5 nitrogen and oxygen atoms in total. The molecule has 0 aliphatic rings. The fourth-order valence-corrected chi connectivity index (χ4v) is 4.02. The van der Waals surface area contributed by atoms with Crippen LogP contribution in [0.15, 0.2) is 19.8 Å². The number of anilines is 1. The molecule has 0 bridgehead atoms. The Hall–Kier alpha value is -0.860. The van der Waals surface area contributed by atoms with Crippen molar-refractivity contribution in [1.82, 2.24) is 20.2 Å². The molecule has 0 aromatic carbocycles. The van der Waals surface area contributed by atoms with E-state index in [1.807, 2.05) is 12.3 Å². The second-order valence-electron chi connectivity index (χ2n) is 4.32. The summed E-state index contributed by atoms with van der Waals surface area (Å²) >= 11 is 4.76. The molecule has 0 atom stereocenters. The Morgan fingerprint density at radius 2 is 1.95 bits per heavy atom. The van der Waals surface area contributed by atoms with Crippen LogP contribution in [-0.4, -0.2) is 33.0 Å². The van der Waals surface area contributed by atoms with Gasteiger partial charge in [0.2, 0.25) is 0 Å². The molecule has 0 spiro atoms. The third kappa shape index (κ3) is 5.12. The Labute approximate surface area is 137 Å². The highest BCUT2D eigenvalue weighted by Crippen LogP contribution is 2.32. The molecule has 1 N–H and O–H groups in total. The van der Waals surface area contributed by atoms with Gasteiger partial charge < -0.3 is 5.32 Å². The number of hydrogen-bond donors (Lipinski definition) is 1. The van der Waals surface area contributed by atoms with Crippen molar-refractivity contribution in [2.75, 3.05) is 18.1 Å². The van der Waals surface area contributed by atoms with Crippen LogP contribution in [0.3, 0.4) is 0 Å². The zero-order valence-corrected chi connectivity index (χ0v) is 14.9. The molecule has 0 saturated heterocycles. The number of nitrogens with zero attached hydrogens (tertiary/aromatic N) is 4. The summed E-state index contributed by atoms with van der Waals surface area (Å²) in [5.41, 5.74) is 0. The average Bonchev–Trinajstić information content (AvgIpc) is 2.93. The zero-order valence-electron chi connectivity index (χ0n) is 12.4. The molecule has 2 rings (SSSR count). The van der Waals surface area contributed by atoms with E-state index in [1.54, 1.807) is 34.9 Å². The smallest absolute Gasteiger partial charge is 0.181 e.